The highest BCUT2D eigenvalue weighted by molar-refractivity contribution is 7.89. The molecule has 0 bridgehead atoms. The molecule has 0 radical (unpaired) electrons. The van der Waals surface area contributed by atoms with E-state index >= 15 is 0 Å². The molecule has 1 aromatic rings. The normalized spacial score (nSPS) is 11.4. The minimum absolute atomic E-state index is 0.0502. The number of hydroxylamine groups is 1. The van der Waals surface area contributed by atoms with Crippen LogP contribution in [0.5, 0.6) is 0 Å². The van der Waals surface area contributed by atoms with Crippen molar-refractivity contribution in [1.29, 1.82) is 0 Å². The van der Waals surface area contributed by atoms with Gasteiger partial charge in [0.2, 0.25) is 0 Å². The summed E-state index contributed by atoms with van der Waals surface area (Å²) in [5, 5.41) is 2.48. The molecule has 24 heavy (non-hydrogen) atoms. The van der Waals surface area contributed by atoms with Gasteiger partial charge in [0, 0.05) is 13.6 Å². The Morgan fingerprint density at radius 3 is 2.58 bits per heavy atom. The van der Waals surface area contributed by atoms with Crippen LogP contribution in [0.2, 0.25) is 5.02 Å². The van der Waals surface area contributed by atoms with Crippen LogP contribution in [0.25, 0.3) is 0 Å². The molecule has 1 N–H and O–H groups in total. The second-order valence-electron chi connectivity index (χ2n) is 4.67. The minimum atomic E-state index is -4.03. The molecule has 10 heteroatoms. The molecule has 0 heterocycles. The number of esters is 1. The number of carbonyl (C=O) groups excluding carboxylic acids is 2. The fourth-order valence-corrected chi connectivity index (χ4v) is 3.07. The number of rotatable bonds is 8. The van der Waals surface area contributed by atoms with Crippen LogP contribution < -0.4 is 5.32 Å². The number of amides is 1. The lowest BCUT2D eigenvalue weighted by atomic mass is 10.2. The number of hydrogen-bond donors (Lipinski definition) is 1. The molecule has 0 fully saturated rings. The molecular formula is C14H19ClN2O6S. The molecule has 0 spiro atoms. The highest BCUT2D eigenvalue weighted by Gasteiger charge is 2.25. The maximum absolute atomic E-state index is 12.2. The van der Waals surface area contributed by atoms with Crippen LogP contribution in [0.4, 0.5) is 0 Å². The lowest BCUT2D eigenvalue weighted by Crippen LogP contribution is -2.29. The predicted molar refractivity (Wildman–Crippen MR) is 87.0 cm³/mol. The second-order valence-corrected chi connectivity index (χ2v) is 6.98. The van der Waals surface area contributed by atoms with Crippen molar-refractivity contribution >= 4 is 33.5 Å². The quantitative estimate of drug-likeness (QED) is 0.538. The summed E-state index contributed by atoms with van der Waals surface area (Å²) in [6.07, 6.45) is 0.755. The van der Waals surface area contributed by atoms with E-state index in [2.05, 4.69) is 10.2 Å². The Kier molecular flexibility index (Phi) is 7.61. The van der Waals surface area contributed by atoms with Crippen LogP contribution in [0.3, 0.4) is 0 Å². The van der Waals surface area contributed by atoms with Crippen LogP contribution in [0.1, 0.15) is 23.7 Å². The first-order valence-corrected chi connectivity index (χ1v) is 8.82. The van der Waals surface area contributed by atoms with Crippen molar-refractivity contribution in [2.24, 2.45) is 0 Å². The van der Waals surface area contributed by atoms with Crippen LogP contribution >= 0.6 is 11.6 Å². The first-order valence-electron chi connectivity index (χ1n) is 7.00. The summed E-state index contributed by atoms with van der Waals surface area (Å²) in [7, 11) is -1.66. The summed E-state index contributed by atoms with van der Waals surface area (Å²) in [4.78, 5) is 27.7. The van der Waals surface area contributed by atoms with Crippen molar-refractivity contribution in [2.45, 2.75) is 18.2 Å². The maximum Gasteiger partial charge on any atom is 0.338 e. The summed E-state index contributed by atoms with van der Waals surface area (Å²) in [6.45, 7) is 1.91. The van der Waals surface area contributed by atoms with Gasteiger partial charge in [-0.25, -0.2) is 13.2 Å². The number of carbonyl (C=O) groups is 2. The van der Waals surface area contributed by atoms with Gasteiger partial charge in [0.15, 0.2) is 6.61 Å². The van der Waals surface area contributed by atoms with Crippen molar-refractivity contribution in [3.63, 3.8) is 0 Å². The largest absolute Gasteiger partial charge is 0.452 e. The molecule has 0 aliphatic carbocycles. The third-order valence-electron chi connectivity index (χ3n) is 2.95. The van der Waals surface area contributed by atoms with Crippen molar-refractivity contribution in [2.75, 3.05) is 27.3 Å². The molecule has 1 aromatic carbocycles. The molecule has 0 aliphatic heterocycles. The highest BCUT2D eigenvalue weighted by Crippen LogP contribution is 2.25. The van der Waals surface area contributed by atoms with Gasteiger partial charge < -0.3 is 10.1 Å². The fraction of sp³-hybridized carbons (Fsp3) is 0.429. The summed E-state index contributed by atoms with van der Waals surface area (Å²) < 4.78 is 29.9. The SMILES string of the molecule is CCCNC(=O)COC(=O)c1ccc(Cl)c(S(=O)(=O)N(C)OC)c1. The van der Waals surface area contributed by atoms with Crippen LogP contribution in [-0.2, 0) is 24.4 Å². The summed E-state index contributed by atoms with van der Waals surface area (Å²) in [5.41, 5.74) is -0.0502. The zero-order chi connectivity index (χ0) is 18.3. The van der Waals surface area contributed by atoms with Gasteiger partial charge >= 0.3 is 5.97 Å². The molecule has 1 amide bonds. The Balaban J connectivity index is 2.93. The van der Waals surface area contributed by atoms with E-state index in [9.17, 15) is 18.0 Å². The lowest BCUT2D eigenvalue weighted by Gasteiger charge is -2.15. The van der Waals surface area contributed by atoms with Crippen LogP contribution in [-0.4, -0.2) is 52.1 Å². The molecule has 0 atom stereocenters. The first-order chi connectivity index (χ1) is 11.2. The van der Waals surface area contributed by atoms with Gasteiger partial charge in [-0.05, 0) is 24.6 Å². The number of ether oxygens (including phenoxy) is 1. The zero-order valence-electron chi connectivity index (χ0n) is 13.5. The third-order valence-corrected chi connectivity index (χ3v) is 5.11. The van der Waals surface area contributed by atoms with Crippen molar-refractivity contribution < 1.29 is 27.6 Å². The molecule has 134 valence electrons. The second kappa shape index (κ2) is 8.97. The van der Waals surface area contributed by atoms with Crippen LogP contribution in [0, 0.1) is 0 Å². The van der Waals surface area contributed by atoms with Crippen LogP contribution in [0.15, 0.2) is 23.1 Å². The smallest absolute Gasteiger partial charge is 0.338 e. The van der Waals surface area contributed by atoms with E-state index in [4.69, 9.17) is 16.3 Å². The molecule has 1 rings (SSSR count). The van der Waals surface area contributed by atoms with E-state index in [1.165, 1.54) is 26.3 Å². The van der Waals surface area contributed by atoms with E-state index in [1.807, 2.05) is 6.92 Å². The van der Waals surface area contributed by atoms with Crippen molar-refractivity contribution in [1.82, 2.24) is 9.79 Å². The average Bonchev–Trinajstić information content (AvgIpc) is 2.56. The summed E-state index contributed by atoms with van der Waals surface area (Å²) in [6, 6.07) is 3.63. The summed E-state index contributed by atoms with van der Waals surface area (Å²) in [5.74, 6) is -1.28. The Hall–Kier alpha value is -1.68. The van der Waals surface area contributed by atoms with Gasteiger partial charge in [-0.2, -0.15) is 0 Å². The first kappa shape index (κ1) is 20.4. The van der Waals surface area contributed by atoms with Gasteiger partial charge in [0.25, 0.3) is 15.9 Å². The van der Waals surface area contributed by atoms with Gasteiger partial charge in [-0.1, -0.05) is 23.0 Å². The van der Waals surface area contributed by atoms with E-state index in [0.29, 0.717) is 11.0 Å². The van der Waals surface area contributed by atoms with Crippen molar-refractivity contribution in [3.8, 4) is 0 Å². The lowest BCUT2D eigenvalue weighted by molar-refractivity contribution is -0.124. The Morgan fingerprint density at radius 2 is 2.00 bits per heavy atom. The molecule has 0 aliphatic rings. The van der Waals surface area contributed by atoms with Gasteiger partial charge in [-0.3, -0.25) is 9.63 Å². The van der Waals surface area contributed by atoms with E-state index < -0.39 is 28.5 Å². The van der Waals surface area contributed by atoms with Gasteiger partial charge in [0.05, 0.1) is 17.7 Å². The highest BCUT2D eigenvalue weighted by atomic mass is 35.5. The third kappa shape index (κ3) is 5.17. The molecule has 0 aromatic heterocycles. The standard InChI is InChI=1S/C14H19ClN2O6S/c1-4-7-16-13(18)9-23-14(19)10-5-6-11(15)12(8-10)24(20,21)17(2)22-3/h5-6,8H,4,7,9H2,1-3H3,(H,16,18). The maximum atomic E-state index is 12.2. The molecule has 0 saturated heterocycles. The number of benzene rings is 1. The molecule has 0 unspecified atom stereocenters. The van der Waals surface area contributed by atoms with Crippen molar-refractivity contribution in [3.05, 3.63) is 28.8 Å². The van der Waals surface area contributed by atoms with E-state index in [-0.39, 0.29) is 15.5 Å². The number of nitrogens with zero attached hydrogens (tertiary/aromatic N) is 1. The Labute approximate surface area is 145 Å². The summed E-state index contributed by atoms with van der Waals surface area (Å²) >= 11 is 5.89. The monoisotopic (exact) mass is 378 g/mol. The van der Waals surface area contributed by atoms with E-state index in [1.54, 1.807) is 0 Å². The van der Waals surface area contributed by atoms with Gasteiger partial charge in [-0.15, -0.1) is 0 Å². The molecule has 8 nitrogen and oxygen atoms in total. The molecule has 0 saturated carbocycles. The minimum Gasteiger partial charge on any atom is -0.452 e. The number of halogens is 1. The zero-order valence-corrected chi connectivity index (χ0v) is 15.1. The number of hydrogen-bond acceptors (Lipinski definition) is 6. The van der Waals surface area contributed by atoms with E-state index in [0.717, 1.165) is 12.5 Å². The predicted octanol–water partition coefficient (Wildman–Crippen LogP) is 1.20. The topological polar surface area (TPSA) is 102 Å². The fourth-order valence-electron chi connectivity index (χ4n) is 1.59. The number of sulfonamides is 1. The Morgan fingerprint density at radius 1 is 1.33 bits per heavy atom. The number of nitrogens with one attached hydrogen (secondary N) is 1. The average molecular weight is 379 g/mol. The Bertz CT molecular complexity index is 707. The van der Waals surface area contributed by atoms with Gasteiger partial charge in [0.1, 0.15) is 4.90 Å². The molecular weight excluding hydrogens is 360 g/mol.